The van der Waals surface area contributed by atoms with E-state index in [-0.39, 0.29) is 18.4 Å². The van der Waals surface area contributed by atoms with Crippen molar-refractivity contribution in [3.8, 4) is 11.5 Å². The zero-order valence-corrected chi connectivity index (χ0v) is 15.5. The lowest BCUT2D eigenvalue weighted by Crippen LogP contribution is -2.32. The fraction of sp³-hybridized carbons (Fsp3) is 0.579. The van der Waals surface area contributed by atoms with Crippen LogP contribution in [0.1, 0.15) is 36.0 Å². The number of amides is 2. The molecule has 2 amide bonds. The van der Waals surface area contributed by atoms with Gasteiger partial charge in [-0.05, 0) is 44.2 Å². The lowest BCUT2D eigenvalue weighted by Gasteiger charge is -2.20. The molecule has 2 fully saturated rings. The summed E-state index contributed by atoms with van der Waals surface area (Å²) in [6.07, 6.45) is 4.48. The Hall–Kier alpha value is -2.28. The van der Waals surface area contributed by atoms with E-state index in [2.05, 4.69) is 10.6 Å². The number of ether oxygens (including phenoxy) is 2. The predicted octanol–water partition coefficient (Wildman–Crippen LogP) is 1.88. The van der Waals surface area contributed by atoms with Crippen LogP contribution >= 0.6 is 0 Å². The molecule has 0 aromatic heterocycles. The first-order valence-electron chi connectivity index (χ1n) is 9.18. The quantitative estimate of drug-likeness (QED) is 0.739. The van der Waals surface area contributed by atoms with Gasteiger partial charge in [-0.2, -0.15) is 0 Å². The molecule has 0 bridgehead atoms. The number of nitrogens with one attached hydrogen (secondary N) is 2. The Bertz CT molecular complexity index is 667. The van der Waals surface area contributed by atoms with Gasteiger partial charge >= 0.3 is 0 Å². The summed E-state index contributed by atoms with van der Waals surface area (Å²) in [4.78, 5) is 27.0. The highest BCUT2D eigenvalue weighted by atomic mass is 16.5. The standard InChI is InChI=1S/C19H27N3O4/c1-25-16-9-14(19(24)22-7-3-4-8-22)15(10-17(16)26-2)21-18(23)12-20-11-13-5-6-13/h9-10,13,20H,3-8,11-12H2,1-2H3,(H,21,23). The summed E-state index contributed by atoms with van der Waals surface area (Å²) in [5, 5.41) is 6.01. The van der Waals surface area contributed by atoms with E-state index in [4.69, 9.17) is 9.47 Å². The molecule has 7 heteroatoms. The monoisotopic (exact) mass is 361 g/mol. The molecule has 1 aromatic carbocycles. The second kappa shape index (κ2) is 8.40. The molecule has 0 radical (unpaired) electrons. The Labute approximate surface area is 154 Å². The number of hydrogen-bond acceptors (Lipinski definition) is 5. The summed E-state index contributed by atoms with van der Waals surface area (Å²) in [6.45, 7) is 2.56. The third-order valence-electron chi connectivity index (χ3n) is 4.84. The SMILES string of the molecule is COc1cc(NC(=O)CNCC2CC2)c(C(=O)N2CCCC2)cc1OC. The Morgan fingerprint density at radius 1 is 1.12 bits per heavy atom. The first-order valence-corrected chi connectivity index (χ1v) is 9.18. The highest BCUT2D eigenvalue weighted by molar-refractivity contribution is 6.05. The molecule has 1 heterocycles. The predicted molar refractivity (Wildman–Crippen MR) is 98.9 cm³/mol. The third kappa shape index (κ3) is 4.46. The molecule has 2 aliphatic rings. The van der Waals surface area contributed by atoms with Gasteiger partial charge in [0.1, 0.15) is 0 Å². The topological polar surface area (TPSA) is 79.9 Å². The van der Waals surface area contributed by atoms with Gasteiger partial charge in [-0.3, -0.25) is 9.59 Å². The molecule has 1 saturated heterocycles. The van der Waals surface area contributed by atoms with E-state index in [0.29, 0.717) is 28.7 Å². The Morgan fingerprint density at radius 2 is 1.77 bits per heavy atom. The van der Waals surface area contributed by atoms with Crippen molar-refractivity contribution in [2.24, 2.45) is 5.92 Å². The first kappa shape index (κ1) is 18.5. The number of anilines is 1. The highest BCUT2D eigenvalue weighted by Gasteiger charge is 2.25. The second-order valence-electron chi connectivity index (χ2n) is 6.87. The fourth-order valence-corrected chi connectivity index (χ4v) is 3.16. The van der Waals surface area contributed by atoms with Crippen LogP contribution in [0.25, 0.3) is 0 Å². The summed E-state index contributed by atoms with van der Waals surface area (Å²) in [7, 11) is 3.06. The van der Waals surface area contributed by atoms with Gasteiger partial charge in [0.15, 0.2) is 11.5 Å². The van der Waals surface area contributed by atoms with Gasteiger partial charge in [0, 0.05) is 19.2 Å². The largest absolute Gasteiger partial charge is 0.493 e. The third-order valence-corrected chi connectivity index (χ3v) is 4.84. The van der Waals surface area contributed by atoms with Gasteiger partial charge in [0.05, 0.1) is 32.0 Å². The number of hydrogen-bond donors (Lipinski definition) is 2. The minimum Gasteiger partial charge on any atom is -0.493 e. The van der Waals surface area contributed by atoms with Crippen LogP contribution < -0.4 is 20.1 Å². The van der Waals surface area contributed by atoms with E-state index in [1.165, 1.54) is 27.1 Å². The summed E-state index contributed by atoms with van der Waals surface area (Å²) < 4.78 is 10.6. The maximum Gasteiger partial charge on any atom is 0.256 e. The molecule has 1 saturated carbocycles. The van der Waals surface area contributed by atoms with Gasteiger partial charge in [-0.1, -0.05) is 0 Å². The van der Waals surface area contributed by atoms with Gasteiger partial charge in [0.25, 0.3) is 5.91 Å². The van der Waals surface area contributed by atoms with Crippen molar-refractivity contribution in [1.82, 2.24) is 10.2 Å². The molecular weight excluding hydrogens is 334 g/mol. The van der Waals surface area contributed by atoms with Crippen molar-refractivity contribution in [3.05, 3.63) is 17.7 Å². The second-order valence-corrected chi connectivity index (χ2v) is 6.87. The molecule has 3 rings (SSSR count). The Kier molecular flexibility index (Phi) is 5.98. The van der Waals surface area contributed by atoms with Crippen molar-refractivity contribution in [3.63, 3.8) is 0 Å². The Balaban J connectivity index is 1.77. The number of nitrogens with zero attached hydrogens (tertiary/aromatic N) is 1. The number of methoxy groups -OCH3 is 2. The number of likely N-dealkylation sites (tertiary alicyclic amines) is 1. The van der Waals surface area contributed by atoms with Crippen LogP contribution in [0.5, 0.6) is 11.5 Å². The summed E-state index contributed by atoms with van der Waals surface area (Å²) >= 11 is 0. The maximum atomic E-state index is 12.9. The zero-order chi connectivity index (χ0) is 18.5. The number of carbonyl (C=O) groups excluding carboxylic acids is 2. The van der Waals surface area contributed by atoms with E-state index in [1.807, 2.05) is 4.90 Å². The molecule has 0 spiro atoms. The van der Waals surface area contributed by atoms with Crippen molar-refractivity contribution in [2.45, 2.75) is 25.7 Å². The van der Waals surface area contributed by atoms with E-state index in [1.54, 1.807) is 12.1 Å². The Morgan fingerprint density at radius 3 is 2.38 bits per heavy atom. The molecular formula is C19H27N3O4. The minimum atomic E-state index is -0.173. The zero-order valence-electron chi connectivity index (χ0n) is 15.5. The van der Waals surface area contributed by atoms with Crippen LogP contribution in [0.15, 0.2) is 12.1 Å². The van der Waals surface area contributed by atoms with E-state index in [0.717, 1.165) is 32.5 Å². The molecule has 142 valence electrons. The van der Waals surface area contributed by atoms with E-state index in [9.17, 15) is 9.59 Å². The maximum absolute atomic E-state index is 12.9. The van der Waals surface area contributed by atoms with Crippen LogP contribution in [0.4, 0.5) is 5.69 Å². The highest BCUT2D eigenvalue weighted by Crippen LogP contribution is 2.34. The molecule has 26 heavy (non-hydrogen) atoms. The summed E-state index contributed by atoms with van der Waals surface area (Å²) in [6, 6.07) is 3.30. The van der Waals surface area contributed by atoms with E-state index < -0.39 is 0 Å². The van der Waals surface area contributed by atoms with Crippen LogP contribution in [0.2, 0.25) is 0 Å². The van der Waals surface area contributed by atoms with Crippen LogP contribution in [0, 0.1) is 5.92 Å². The summed E-state index contributed by atoms with van der Waals surface area (Å²) in [5.74, 6) is 1.39. The van der Waals surface area contributed by atoms with Crippen LogP contribution in [0.3, 0.4) is 0 Å². The first-order chi connectivity index (χ1) is 12.6. The molecule has 7 nitrogen and oxygen atoms in total. The van der Waals surface area contributed by atoms with Gasteiger partial charge in [-0.25, -0.2) is 0 Å². The number of benzene rings is 1. The summed E-state index contributed by atoms with van der Waals surface area (Å²) in [5.41, 5.74) is 0.887. The van der Waals surface area contributed by atoms with Crippen LogP contribution in [-0.2, 0) is 4.79 Å². The molecule has 0 atom stereocenters. The van der Waals surface area contributed by atoms with Crippen LogP contribution in [-0.4, -0.2) is 57.1 Å². The van der Waals surface area contributed by atoms with Crippen molar-refractivity contribution < 1.29 is 19.1 Å². The van der Waals surface area contributed by atoms with Gasteiger partial charge in [-0.15, -0.1) is 0 Å². The smallest absolute Gasteiger partial charge is 0.256 e. The number of rotatable bonds is 8. The number of carbonyl (C=O) groups is 2. The lowest BCUT2D eigenvalue weighted by atomic mass is 10.1. The molecule has 2 N–H and O–H groups in total. The van der Waals surface area contributed by atoms with E-state index >= 15 is 0 Å². The molecule has 1 aliphatic heterocycles. The average molecular weight is 361 g/mol. The molecule has 0 unspecified atom stereocenters. The lowest BCUT2D eigenvalue weighted by molar-refractivity contribution is -0.115. The molecule has 1 aromatic rings. The average Bonchev–Trinajstić information content (AvgIpc) is 3.30. The van der Waals surface area contributed by atoms with Gasteiger partial charge in [0.2, 0.25) is 5.91 Å². The minimum absolute atomic E-state index is 0.0929. The van der Waals surface area contributed by atoms with Crippen molar-refractivity contribution in [1.29, 1.82) is 0 Å². The van der Waals surface area contributed by atoms with Crippen molar-refractivity contribution in [2.75, 3.05) is 45.7 Å². The molecule has 1 aliphatic carbocycles. The normalized spacial score (nSPS) is 16.5. The fourth-order valence-electron chi connectivity index (χ4n) is 3.16. The van der Waals surface area contributed by atoms with Crippen molar-refractivity contribution >= 4 is 17.5 Å². The van der Waals surface area contributed by atoms with Gasteiger partial charge < -0.3 is 25.0 Å².